The summed E-state index contributed by atoms with van der Waals surface area (Å²) in [5.41, 5.74) is 0. The van der Waals surface area contributed by atoms with Crippen LogP contribution < -0.4 is 29.6 Å². The van der Waals surface area contributed by atoms with Gasteiger partial charge in [-0.15, -0.1) is 0 Å². The summed E-state index contributed by atoms with van der Waals surface area (Å²) in [6.07, 6.45) is 17.7. The van der Waals surface area contributed by atoms with Gasteiger partial charge in [-0.1, -0.05) is 94.7 Å². The summed E-state index contributed by atoms with van der Waals surface area (Å²) in [5, 5.41) is 0. The van der Waals surface area contributed by atoms with Crippen LogP contribution in [-0.2, 0) is 23.8 Å². The fraction of sp³-hybridized carbons (Fsp3) is 1.00. The minimum atomic E-state index is -3.98. The third-order valence-electron chi connectivity index (χ3n) is 3.97. The van der Waals surface area contributed by atoms with Gasteiger partial charge in [0.1, 0.15) is 0 Å². The van der Waals surface area contributed by atoms with E-state index in [1.165, 1.54) is 70.6 Å². The predicted octanol–water partition coefficient (Wildman–Crippen LogP) is 2.70. The molecule has 5 nitrogen and oxygen atoms in total. The molecular formula is C18H38NaO5S+. The van der Waals surface area contributed by atoms with Gasteiger partial charge in [0.25, 0.3) is 0 Å². The van der Waals surface area contributed by atoms with E-state index in [2.05, 4.69) is 20.3 Å². The Kier molecular flexibility index (Phi) is 23.7. The fourth-order valence-corrected chi connectivity index (χ4v) is 3.16. The number of rotatable bonds is 19. The third kappa shape index (κ3) is 22.8. The van der Waals surface area contributed by atoms with Crippen LogP contribution in [0.15, 0.2) is 0 Å². The van der Waals surface area contributed by atoms with Crippen LogP contribution in [0.5, 0.6) is 0 Å². The molecule has 0 N–H and O–H groups in total. The molecule has 0 radical (unpaired) electrons. The molecule has 0 heterocycles. The average molecular weight is 390 g/mol. The molecule has 0 aliphatic carbocycles. The minimum Gasteiger partial charge on any atom is -0.246 e. The summed E-state index contributed by atoms with van der Waals surface area (Å²) in [6.45, 7) is 4.23. The molecule has 0 spiro atoms. The molecule has 0 bridgehead atoms. The third-order valence-corrected chi connectivity index (χ3v) is 4.69. The maximum atomic E-state index is 11.2. The summed E-state index contributed by atoms with van der Waals surface area (Å²) in [6, 6.07) is 0. The normalized spacial score (nSPS) is 11.4. The van der Waals surface area contributed by atoms with E-state index in [9.17, 15) is 8.42 Å². The molecule has 25 heavy (non-hydrogen) atoms. The smallest absolute Gasteiger partial charge is 0.246 e. The molecule has 0 atom stereocenters. The van der Waals surface area contributed by atoms with Gasteiger partial charge in [-0.05, 0) is 13.3 Å². The molecule has 0 rings (SSSR count). The Hall–Kier alpha value is 0.830. The van der Waals surface area contributed by atoms with Crippen LogP contribution in [0, 0.1) is 0 Å². The molecule has 0 aliphatic heterocycles. The second-order valence-corrected chi connectivity index (χ2v) is 7.49. The zero-order chi connectivity index (χ0) is 17.9. The Morgan fingerprint density at radius 3 is 1.44 bits per heavy atom. The quantitative estimate of drug-likeness (QED) is 0.147. The minimum absolute atomic E-state index is 0. The van der Waals surface area contributed by atoms with Gasteiger partial charge in [-0.2, -0.15) is 8.42 Å². The molecule has 146 valence electrons. The molecule has 0 saturated carbocycles. The summed E-state index contributed by atoms with van der Waals surface area (Å²) < 4.78 is 31.1. The molecule has 7 heteroatoms. The van der Waals surface area contributed by atoms with Crippen molar-refractivity contribution >= 4 is 10.4 Å². The molecule has 0 aliphatic rings. The van der Waals surface area contributed by atoms with Crippen molar-refractivity contribution in [2.75, 3.05) is 13.2 Å². The summed E-state index contributed by atoms with van der Waals surface area (Å²) >= 11 is 0. The molecule has 0 fully saturated rings. The van der Waals surface area contributed by atoms with E-state index in [4.69, 9.17) is 0 Å². The number of unbranched alkanes of at least 4 members (excludes halogenated alkanes) is 13. The summed E-state index contributed by atoms with van der Waals surface area (Å²) in [7, 11) is -3.98. The van der Waals surface area contributed by atoms with Gasteiger partial charge in [-0.3, -0.25) is 0 Å². The van der Waals surface area contributed by atoms with Crippen molar-refractivity contribution in [2.45, 2.75) is 104 Å². The van der Waals surface area contributed by atoms with E-state index in [-0.39, 0.29) is 42.8 Å². The van der Waals surface area contributed by atoms with Crippen LogP contribution in [0.1, 0.15) is 104 Å². The Labute approximate surface area is 178 Å². The van der Waals surface area contributed by atoms with Crippen molar-refractivity contribution in [1.82, 2.24) is 0 Å². The topological polar surface area (TPSA) is 61.8 Å². The van der Waals surface area contributed by atoms with E-state index in [0.29, 0.717) is 0 Å². The first-order valence-electron chi connectivity index (χ1n) is 9.82. The second-order valence-electron chi connectivity index (χ2n) is 6.30. The Morgan fingerprint density at radius 2 is 1.04 bits per heavy atom. The standard InChI is InChI=1S/C18H38O5S.Na/c1-3-5-6-7-8-9-10-11-12-13-14-15-16-17-18-22-24(19,20)23-21-4-2;/h3-18H2,1-2H3;/q;+1. The van der Waals surface area contributed by atoms with Crippen LogP contribution in [0.3, 0.4) is 0 Å². The van der Waals surface area contributed by atoms with Gasteiger partial charge in [0.05, 0.1) is 13.2 Å². The van der Waals surface area contributed by atoms with Crippen LogP contribution in [0.25, 0.3) is 0 Å². The molecule has 0 amide bonds. The Balaban J connectivity index is 0. The zero-order valence-electron chi connectivity index (χ0n) is 16.8. The van der Waals surface area contributed by atoms with Gasteiger partial charge in [0, 0.05) is 0 Å². The maximum absolute atomic E-state index is 11.2. The van der Waals surface area contributed by atoms with Crippen molar-refractivity contribution in [3.63, 3.8) is 0 Å². The summed E-state index contributed by atoms with van der Waals surface area (Å²) in [5.74, 6) is 0. The van der Waals surface area contributed by atoms with Crippen molar-refractivity contribution in [3.8, 4) is 0 Å². The maximum Gasteiger partial charge on any atom is 1.00 e. The number of hydrogen-bond acceptors (Lipinski definition) is 5. The van der Waals surface area contributed by atoms with Gasteiger partial charge in [0.15, 0.2) is 0 Å². The molecule has 0 saturated heterocycles. The van der Waals surface area contributed by atoms with Crippen molar-refractivity contribution in [2.24, 2.45) is 0 Å². The van der Waals surface area contributed by atoms with E-state index in [1.54, 1.807) is 6.92 Å². The van der Waals surface area contributed by atoms with Crippen LogP contribution in [0.2, 0.25) is 0 Å². The fourth-order valence-electron chi connectivity index (χ4n) is 2.58. The van der Waals surface area contributed by atoms with Crippen molar-refractivity contribution < 1.29 is 51.4 Å². The van der Waals surface area contributed by atoms with Crippen molar-refractivity contribution in [1.29, 1.82) is 0 Å². The first kappa shape index (κ1) is 28.0. The molecular weight excluding hydrogens is 351 g/mol. The van der Waals surface area contributed by atoms with Crippen molar-refractivity contribution in [3.05, 3.63) is 0 Å². The van der Waals surface area contributed by atoms with E-state index in [0.717, 1.165) is 19.3 Å². The van der Waals surface area contributed by atoms with E-state index >= 15 is 0 Å². The average Bonchev–Trinajstić information content (AvgIpc) is 2.56. The van der Waals surface area contributed by atoms with Gasteiger partial charge in [-0.25, -0.2) is 9.07 Å². The number of hydrogen-bond donors (Lipinski definition) is 0. The Morgan fingerprint density at radius 1 is 0.640 bits per heavy atom. The molecule has 0 aromatic carbocycles. The van der Waals surface area contributed by atoms with Gasteiger partial charge < -0.3 is 0 Å². The zero-order valence-corrected chi connectivity index (χ0v) is 19.6. The Bertz CT molecular complexity index is 349. The molecule has 0 aromatic heterocycles. The largest absolute Gasteiger partial charge is 1.00 e. The van der Waals surface area contributed by atoms with Gasteiger partial charge in [0.2, 0.25) is 0 Å². The SMILES string of the molecule is CCCCCCCCCCCCCCCCOS(=O)(=O)OOCC.[Na+]. The van der Waals surface area contributed by atoms with Crippen LogP contribution in [0.4, 0.5) is 0 Å². The van der Waals surface area contributed by atoms with Crippen LogP contribution >= 0.6 is 0 Å². The molecule has 0 aromatic rings. The van der Waals surface area contributed by atoms with Crippen LogP contribution in [-0.4, -0.2) is 21.6 Å². The summed E-state index contributed by atoms with van der Waals surface area (Å²) in [4.78, 5) is 4.36. The predicted molar refractivity (Wildman–Crippen MR) is 97.9 cm³/mol. The second kappa shape index (κ2) is 21.1. The first-order chi connectivity index (χ1) is 11.6. The van der Waals surface area contributed by atoms with Gasteiger partial charge >= 0.3 is 40.0 Å². The van der Waals surface area contributed by atoms with E-state index < -0.39 is 10.4 Å². The monoisotopic (exact) mass is 389 g/mol. The molecule has 0 unspecified atom stereocenters. The first-order valence-corrected chi connectivity index (χ1v) is 11.2. The van der Waals surface area contributed by atoms with E-state index in [1.807, 2.05) is 0 Å².